The van der Waals surface area contributed by atoms with Gasteiger partial charge in [-0.25, -0.2) is 0 Å². The van der Waals surface area contributed by atoms with Crippen molar-refractivity contribution < 1.29 is 37.1 Å². The van der Waals surface area contributed by atoms with Crippen LogP contribution in [0.2, 0.25) is 0 Å². The van der Waals surface area contributed by atoms with Gasteiger partial charge in [0.25, 0.3) is 0 Å². The average Bonchev–Trinajstić information content (AvgIpc) is 2.38. The van der Waals surface area contributed by atoms with Gasteiger partial charge >= 0.3 is 18.0 Å². The second-order valence-corrected chi connectivity index (χ2v) is 3.74. The molecule has 0 N–H and O–H groups in total. The lowest BCUT2D eigenvalue weighted by molar-refractivity contribution is -0.389. The maximum Gasteiger partial charge on any atom is 0.573 e. The number of esters is 1. The number of methoxy groups -OCH3 is 1. The molecular weight excluding hydrogens is 313 g/mol. The number of hydrogen-bond donors (Lipinski definition) is 0. The number of rotatable bonds is 6. The summed E-state index contributed by atoms with van der Waals surface area (Å²) in [4.78, 5) is 24.8. The summed E-state index contributed by atoms with van der Waals surface area (Å²) in [6.07, 6.45) is -5.13. The van der Waals surface area contributed by atoms with Gasteiger partial charge in [0.05, 0.1) is 31.3 Å². The van der Waals surface area contributed by atoms with Crippen LogP contribution < -0.4 is 9.47 Å². The zero-order chi connectivity index (χ0) is 16.9. The summed E-state index contributed by atoms with van der Waals surface area (Å²) in [7, 11) is 0.996. The first-order valence-electron chi connectivity index (χ1n) is 5.81. The number of carbonyl (C=O) groups excluding carboxylic acids is 1. The maximum atomic E-state index is 12.2. The van der Waals surface area contributed by atoms with E-state index in [1.165, 1.54) is 0 Å². The van der Waals surface area contributed by atoms with Gasteiger partial charge in [0.1, 0.15) is 5.69 Å². The van der Waals surface area contributed by atoms with Crippen molar-refractivity contribution in [1.29, 1.82) is 0 Å². The third kappa shape index (κ3) is 4.46. The van der Waals surface area contributed by atoms with Crippen molar-refractivity contribution in [3.63, 3.8) is 0 Å². The molecule has 122 valence electrons. The van der Waals surface area contributed by atoms with Gasteiger partial charge in [0.2, 0.25) is 11.5 Å². The minimum atomic E-state index is -5.14. The smallest absolute Gasteiger partial charge is 0.489 e. The predicted octanol–water partition coefficient (Wildman–Crippen LogP) is 2.00. The summed E-state index contributed by atoms with van der Waals surface area (Å²) in [5.41, 5.74) is -1.31. The van der Waals surface area contributed by atoms with Crippen LogP contribution in [0.4, 0.5) is 18.9 Å². The SMILES string of the molecule is CCOC(=O)Cc1ncc(OC(F)(F)F)c([N+](=O)[O-])c1OC. The highest BCUT2D eigenvalue weighted by Crippen LogP contribution is 2.40. The lowest BCUT2D eigenvalue weighted by Gasteiger charge is -2.12. The molecule has 0 amide bonds. The van der Waals surface area contributed by atoms with Crippen LogP contribution in [0.3, 0.4) is 0 Å². The molecule has 1 heterocycles. The standard InChI is InChI=1S/C11H11F3N2O6/c1-3-21-8(17)4-6-10(20-2)9(16(18)19)7(5-15-6)22-11(12,13)14/h5H,3-4H2,1-2H3. The first kappa shape index (κ1) is 17.5. The first-order chi connectivity index (χ1) is 10.2. The molecule has 0 aliphatic rings. The number of pyridine rings is 1. The van der Waals surface area contributed by atoms with E-state index in [1.54, 1.807) is 6.92 Å². The molecule has 0 saturated heterocycles. The third-order valence-corrected chi connectivity index (χ3v) is 2.28. The molecule has 0 aromatic carbocycles. The fourth-order valence-electron chi connectivity index (χ4n) is 1.57. The number of nitrogens with zero attached hydrogens (tertiary/aromatic N) is 2. The van der Waals surface area contributed by atoms with Crippen LogP contribution in [0, 0.1) is 10.1 Å². The Labute approximate surface area is 121 Å². The van der Waals surface area contributed by atoms with Crippen molar-refractivity contribution in [2.75, 3.05) is 13.7 Å². The van der Waals surface area contributed by atoms with Crippen molar-refractivity contribution in [3.05, 3.63) is 22.0 Å². The Balaban J connectivity index is 3.30. The molecule has 1 aromatic rings. The molecule has 11 heteroatoms. The summed E-state index contributed by atoms with van der Waals surface area (Å²) >= 11 is 0. The first-order valence-corrected chi connectivity index (χ1v) is 5.81. The monoisotopic (exact) mass is 324 g/mol. The molecule has 22 heavy (non-hydrogen) atoms. The zero-order valence-corrected chi connectivity index (χ0v) is 11.5. The van der Waals surface area contributed by atoms with E-state index in [9.17, 15) is 28.1 Å². The molecule has 8 nitrogen and oxygen atoms in total. The van der Waals surface area contributed by atoms with Crippen molar-refractivity contribution in [1.82, 2.24) is 4.98 Å². The van der Waals surface area contributed by atoms with E-state index in [2.05, 4.69) is 14.5 Å². The Morgan fingerprint density at radius 2 is 2.09 bits per heavy atom. The van der Waals surface area contributed by atoms with E-state index in [0.29, 0.717) is 6.20 Å². The quantitative estimate of drug-likeness (QED) is 0.448. The summed E-state index contributed by atoms with van der Waals surface area (Å²) in [5.74, 6) is -2.49. The van der Waals surface area contributed by atoms with Crippen LogP contribution in [-0.4, -0.2) is 36.0 Å². The maximum absolute atomic E-state index is 12.2. The van der Waals surface area contributed by atoms with Crippen LogP contribution in [0.15, 0.2) is 6.20 Å². The number of carbonyl (C=O) groups is 1. The highest BCUT2D eigenvalue weighted by Gasteiger charge is 2.37. The van der Waals surface area contributed by atoms with Gasteiger partial charge < -0.3 is 14.2 Å². The summed E-state index contributed by atoms with van der Waals surface area (Å²) < 4.78 is 49.6. The van der Waals surface area contributed by atoms with Crippen molar-refractivity contribution in [2.24, 2.45) is 0 Å². The highest BCUT2D eigenvalue weighted by molar-refractivity contribution is 5.74. The predicted molar refractivity (Wildman–Crippen MR) is 64.5 cm³/mol. The average molecular weight is 324 g/mol. The van der Waals surface area contributed by atoms with Gasteiger partial charge in [-0.2, -0.15) is 0 Å². The number of ether oxygens (including phenoxy) is 3. The second-order valence-electron chi connectivity index (χ2n) is 3.74. The molecule has 0 saturated carbocycles. The number of alkyl halides is 3. The number of nitro groups is 1. The molecule has 0 bridgehead atoms. The summed E-state index contributed by atoms with van der Waals surface area (Å²) in [5, 5.41) is 11.0. The highest BCUT2D eigenvalue weighted by atomic mass is 19.4. The molecule has 0 aliphatic carbocycles. The Hall–Kier alpha value is -2.59. The van der Waals surface area contributed by atoms with Crippen molar-refractivity contribution in [3.8, 4) is 11.5 Å². The lowest BCUT2D eigenvalue weighted by Crippen LogP contribution is -2.19. The van der Waals surface area contributed by atoms with Gasteiger partial charge in [-0.05, 0) is 6.92 Å². The van der Waals surface area contributed by atoms with Gasteiger partial charge in [0, 0.05) is 0 Å². The van der Waals surface area contributed by atoms with Crippen LogP contribution in [0.1, 0.15) is 12.6 Å². The normalized spacial score (nSPS) is 11.0. The Bertz CT molecular complexity index is 576. The van der Waals surface area contributed by atoms with Crippen LogP contribution in [-0.2, 0) is 16.0 Å². The van der Waals surface area contributed by atoms with E-state index in [-0.39, 0.29) is 12.3 Å². The van der Waals surface area contributed by atoms with Gasteiger partial charge in [-0.3, -0.25) is 19.9 Å². The Morgan fingerprint density at radius 3 is 2.55 bits per heavy atom. The van der Waals surface area contributed by atoms with E-state index in [4.69, 9.17) is 4.74 Å². The fourth-order valence-corrected chi connectivity index (χ4v) is 1.57. The molecule has 0 aliphatic heterocycles. The number of aromatic nitrogens is 1. The van der Waals surface area contributed by atoms with Crippen molar-refractivity contribution >= 4 is 11.7 Å². The second kappa shape index (κ2) is 6.91. The largest absolute Gasteiger partial charge is 0.573 e. The summed E-state index contributed by atoms with van der Waals surface area (Å²) in [6.45, 7) is 1.61. The third-order valence-electron chi connectivity index (χ3n) is 2.28. The van der Waals surface area contributed by atoms with Crippen molar-refractivity contribution in [2.45, 2.75) is 19.7 Å². The van der Waals surface area contributed by atoms with Crippen LogP contribution >= 0.6 is 0 Å². The van der Waals surface area contributed by atoms with E-state index in [1.807, 2.05) is 0 Å². The molecular formula is C11H11F3N2O6. The Morgan fingerprint density at radius 1 is 1.45 bits per heavy atom. The zero-order valence-electron chi connectivity index (χ0n) is 11.5. The Kier molecular flexibility index (Phi) is 5.49. The molecule has 1 aromatic heterocycles. The number of halogens is 3. The molecule has 0 radical (unpaired) electrons. The van der Waals surface area contributed by atoms with Gasteiger partial charge in [0.15, 0.2) is 0 Å². The molecule has 0 spiro atoms. The molecule has 0 atom stereocenters. The topological polar surface area (TPSA) is 101 Å². The molecule has 0 unspecified atom stereocenters. The lowest BCUT2D eigenvalue weighted by atomic mass is 10.2. The van der Waals surface area contributed by atoms with E-state index in [0.717, 1.165) is 7.11 Å². The van der Waals surface area contributed by atoms with E-state index < -0.39 is 40.9 Å². The number of hydrogen-bond acceptors (Lipinski definition) is 7. The minimum Gasteiger partial charge on any atom is -0.489 e. The molecule has 0 fully saturated rings. The van der Waals surface area contributed by atoms with Crippen LogP contribution in [0.5, 0.6) is 11.5 Å². The van der Waals surface area contributed by atoms with Crippen LogP contribution in [0.25, 0.3) is 0 Å². The minimum absolute atomic E-state index is 0.0680. The fraction of sp³-hybridized carbons (Fsp3) is 0.455. The van der Waals surface area contributed by atoms with Gasteiger partial charge in [-0.1, -0.05) is 0 Å². The summed E-state index contributed by atoms with van der Waals surface area (Å²) in [6, 6.07) is 0. The van der Waals surface area contributed by atoms with E-state index >= 15 is 0 Å². The molecule has 1 rings (SSSR count). The van der Waals surface area contributed by atoms with Gasteiger partial charge in [-0.15, -0.1) is 13.2 Å².